The van der Waals surface area contributed by atoms with E-state index in [2.05, 4.69) is 5.48 Å². The molecule has 1 amide bonds. The summed E-state index contributed by atoms with van der Waals surface area (Å²) in [6, 6.07) is 8.30. The lowest BCUT2D eigenvalue weighted by Gasteiger charge is -2.10. The minimum absolute atomic E-state index is 0.188. The van der Waals surface area contributed by atoms with E-state index in [4.69, 9.17) is 16.4 Å². The van der Waals surface area contributed by atoms with E-state index in [1.807, 2.05) is 0 Å². The second kappa shape index (κ2) is 5.49. The molecule has 0 radical (unpaired) electrons. The fourth-order valence-corrected chi connectivity index (χ4v) is 1.50. The Morgan fingerprint density at radius 2 is 1.74 bits per heavy atom. The SMILES string of the molecule is O=C1C=C(ONC(=O)c2ccccc2)C(=O)C=C1Cl. The van der Waals surface area contributed by atoms with Gasteiger partial charge < -0.3 is 4.84 Å². The lowest BCUT2D eigenvalue weighted by atomic mass is 10.1. The van der Waals surface area contributed by atoms with Gasteiger partial charge in [-0.15, -0.1) is 0 Å². The number of hydroxylamine groups is 1. The molecular weight excluding hydrogens is 270 g/mol. The third-order valence-electron chi connectivity index (χ3n) is 2.29. The van der Waals surface area contributed by atoms with Crippen LogP contribution in [0.4, 0.5) is 0 Å². The first-order valence-corrected chi connectivity index (χ1v) is 5.65. The molecule has 0 bridgehead atoms. The van der Waals surface area contributed by atoms with Crippen LogP contribution in [0.2, 0.25) is 0 Å². The molecule has 1 aromatic rings. The minimum atomic E-state index is -0.585. The first-order chi connectivity index (χ1) is 9.08. The van der Waals surface area contributed by atoms with E-state index in [1.54, 1.807) is 30.3 Å². The molecule has 5 nitrogen and oxygen atoms in total. The van der Waals surface area contributed by atoms with Gasteiger partial charge in [0.1, 0.15) is 0 Å². The average molecular weight is 278 g/mol. The van der Waals surface area contributed by atoms with Crippen LogP contribution >= 0.6 is 11.6 Å². The molecule has 0 heterocycles. The number of ketones is 2. The Morgan fingerprint density at radius 3 is 2.42 bits per heavy atom. The number of allylic oxidation sites excluding steroid dienone is 3. The molecule has 96 valence electrons. The molecule has 0 saturated heterocycles. The van der Waals surface area contributed by atoms with Crippen LogP contribution in [0.25, 0.3) is 0 Å². The van der Waals surface area contributed by atoms with Crippen molar-refractivity contribution >= 4 is 29.1 Å². The maximum atomic E-state index is 11.6. The number of benzene rings is 1. The third-order valence-corrected chi connectivity index (χ3v) is 2.58. The topological polar surface area (TPSA) is 72.5 Å². The highest BCUT2D eigenvalue weighted by atomic mass is 35.5. The van der Waals surface area contributed by atoms with Crippen molar-refractivity contribution in [3.63, 3.8) is 0 Å². The highest BCUT2D eigenvalue weighted by Crippen LogP contribution is 2.15. The number of halogens is 1. The number of hydrogen-bond acceptors (Lipinski definition) is 4. The molecule has 0 aromatic heterocycles. The van der Waals surface area contributed by atoms with Gasteiger partial charge in [0.25, 0.3) is 5.91 Å². The van der Waals surface area contributed by atoms with Crippen molar-refractivity contribution in [2.24, 2.45) is 0 Å². The Hall–Kier alpha value is -2.40. The monoisotopic (exact) mass is 277 g/mol. The van der Waals surface area contributed by atoms with Gasteiger partial charge in [-0.1, -0.05) is 29.8 Å². The molecule has 1 aliphatic carbocycles. The first-order valence-electron chi connectivity index (χ1n) is 5.27. The predicted octanol–water partition coefficient (Wildman–Crippen LogP) is 1.51. The van der Waals surface area contributed by atoms with Gasteiger partial charge in [-0.25, -0.2) is 0 Å². The van der Waals surface area contributed by atoms with Crippen molar-refractivity contribution in [1.82, 2.24) is 5.48 Å². The zero-order chi connectivity index (χ0) is 13.8. The smallest absolute Gasteiger partial charge is 0.283 e. The van der Waals surface area contributed by atoms with Crippen molar-refractivity contribution in [1.29, 1.82) is 0 Å². The zero-order valence-electron chi connectivity index (χ0n) is 9.55. The van der Waals surface area contributed by atoms with Gasteiger partial charge in [0.05, 0.1) is 5.03 Å². The van der Waals surface area contributed by atoms with Crippen LogP contribution in [0.3, 0.4) is 0 Å². The van der Waals surface area contributed by atoms with Crippen LogP contribution in [-0.4, -0.2) is 17.5 Å². The number of nitrogens with one attached hydrogen (secondary N) is 1. The number of carbonyl (C=O) groups is 3. The summed E-state index contributed by atoms with van der Waals surface area (Å²) in [5.41, 5.74) is 2.45. The van der Waals surface area contributed by atoms with Crippen molar-refractivity contribution in [3.05, 3.63) is 58.8 Å². The number of hydrogen-bond donors (Lipinski definition) is 1. The normalized spacial score (nSPS) is 14.6. The van der Waals surface area contributed by atoms with Gasteiger partial charge in [-0.05, 0) is 12.1 Å². The van der Waals surface area contributed by atoms with Gasteiger partial charge >= 0.3 is 0 Å². The van der Waals surface area contributed by atoms with Crippen LogP contribution in [0.5, 0.6) is 0 Å². The van der Waals surface area contributed by atoms with E-state index in [0.29, 0.717) is 5.56 Å². The minimum Gasteiger partial charge on any atom is -0.375 e. The molecule has 1 N–H and O–H groups in total. The summed E-state index contributed by atoms with van der Waals surface area (Å²) in [5.74, 6) is -1.94. The molecule has 6 heteroatoms. The van der Waals surface area contributed by atoms with E-state index < -0.39 is 17.5 Å². The lowest BCUT2D eigenvalue weighted by molar-refractivity contribution is -0.118. The predicted molar refractivity (Wildman–Crippen MR) is 67.0 cm³/mol. The molecule has 2 rings (SSSR count). The summed E-state index contributed by atoms with van der Waals surface area (Å²) in [4.78, 5) is 39.1. The maximum absolute atomic E-state index is 11.6. The summed E-state index contributed by atoms with van der Waals surface area (Å²) < 4.78 is 0. The second-order valence-corrected chi connectivity index (χ2v) is 4.04. The van der Waals surface area contributed by atoms with Crippen LogP contribution in [0.15, 0.2) is 53.3 Å². The van der Waals surface area contributed by atoms with Crippen LogP contribution in [-0.2, 0) is 14.4 Å². The molecule has 0 atom stereocenters. The third kappa shape index (κ3) is 3.08. The Kier molecular flexibility index (Phi) is 3.77. The zero-order valence-corrected chi connectivity index (χ0v) is 10.3. The van der Waals surface area contributed by atoms with Crippen molar-refractivity contribution < 1.29 is 19.2 Å². The highest BCUT2D eigenvalue weighted by molar-refractivity contribution is 6.47. The van der Waals surface area contributed by atoms with Crippen LogP contribution < -0.4 is 5.48 Å². The molecule has 1 aromatic carbocycles. The largest absolute Gasteiger partial charge is 0.375 e. The van der Waals surface area contributed by atoms with Crippen molar-refractivity contribution in [2.45, 2.75) is 0 Å². The van der Waals surface area contributed by atoms with Crippen molar-refractivity contribution in [3.8, 4) is 0 Å². The summed E-state index contributed by atoms with van der Waals surface area (Å²) in [5, 5.41) is -0.188. The van der Waals surface area contributed by atoms with E-state index in [-0.39, 0.29) is 10.8 Å². The summed E-state index contributed by atoms with van der Waals surface area (Å²) in [7, 11) is 0. The average Bonchev–Trinajstić information content (AvgIpc) is 2.42. The molecular formula is C13H8ClNO4. The maximum Gasteiger partial charge on any atom is 0.283 e. The summed E-state index contributed by atoms with van der Waals surface area (Å²) in [6.07, 6.45) is 1.86. The molecule has 0 fully saturated rings. The van der Waals surface area contributed by atoms with Gasteiger partial charge in [0.15, 0.2) is 0 Å². The highest BCUT2D eigenvalue weighted by Gasteiger charge is 2.21. The molecule has 1 aliphatic rings. The van der Waals surface area contributed by atoms with Crippen LogP contribution in [0.1, 0.15) is 10.4 Å². The van der Waals surface area contributed by atoms with Crippen LogP contribution in [0, 0.1) is 0 Å². The Labute approximate surface area is 113 Å². The van der Waals surface area contributed by atoms with E-state index >= 15 is 0 Å². The Morgan fingerprint density at radius 1 is 1.05 bits per heavy atom. The lowest BCUT2D eigenvalue weighted by Crippen LogP contribution is -2.26. The second-order valence-electron chi connectivity index (χ2n) is 3.63. The Bertz CT molecular complexity index is 604. The molecule has 0 spiro atoms. The fourth-order valence-electron chi connectivity index (χ4n) is 1.35. The van der Waals surface area contributed by atoms with E-state index in [1.165, 1.54) is 0 Å². The molecule has 19 heavy (non-hydrogen) atoms. The first kappa shape index (κ1) is 13.0. The number of rotatable bonds is 3. The van der Waals surface area contributed by atoms with E-state index in [9.17, 15) is 14.4 Å². The van der Waals surface area contributed by atoms with Gasteiger partial charge in [-0.2, -0.15) is 5.48 Å². The Balaban J connectivity index is 2.01. The van der Waals surface area contributed by atoms with Gasteiger partial charge in [0.2, 0.25) is 17.3 Å². The van der Waals surface area contributed by atoms with Crippen molar-refractivity contribution in [2.75, 3.05) is 0 Å². The number of carbonyl (C=O) groups excluding carboxylic acids is 3. The molecule has 0 unspecified atom stereocenters. The standard InChI is InChI=1S/C13H8ClNO4/c14-9-6-11(17)12(7-10(9)16)19-15-13(18)8-4-2-1-3-5-8/h1-7H,(H,15,18). The quantitative estimate of drug-likeness (QED) is 0.671. The summed E-state index contributed by atoms with van der Waals surface area (Å²) >= 11 is 5.49. The fraction of sp³-hybridized carbons (Fsp3) is 0. The van der Waals surface area contributed by atoms with Gasteiger partial charge in [-0.3, -0.25) is 14.4 Å². The molecule has 0 saturated carbocycles. The molecule has 0 aliphatic heterocycles. The van der Waals surface area contributed by atoms with Gasteiger partial charge in [0, 0.05) is 17.7 Å². The van der Waals surface area contributed by atoms with E-state index in [0.717, 1.165) is 12.2 Å². The number of amides is 1. The summed E-state index contributed by atoms with van der Waals surface area (Å²) in [6.45, 7) is 0.